The number of nitrogens with zero attached hydrogens (tertiary/aromatic N) is 1. The van der Waals surface area contributed by atoms with Gasteiger partial charge < -0.3 is 20.3 Å². The summed E-state index contributed by atoms with van der Waals surface area (Å²) >= 11 is 0. The Hall–Kier alpha value is -3.19. The third-order valence-corrected chi connectivity index (χ3v) is 4.79. The molecule has 7 nitrogen and oxygen atoms in total. The number of carbonyl (C=O) groups is 3. The second kappa shape index (κ2) is 9.84. The van der Waals surface area contributed by atoms with Crippen LogP contribution in [0.15, 0.2) is 54.6 Å². The number of hydrogen-bond donors (Lipinski definition) is 2. The Morgan fingerprint density at radius 2 is 1.83 bits per heavy atom. The van der Waals surface area contributed by atoms with Crippen molar-refractivity contribution in [1.82, 2.24) is 5.32 Å². The van der Waals surface area contributed by atoms with Crippen molar-refractivity contribution in [3.8, 4) is 0 Å². The highest BCUT2D eigenvalue weighted by Crippen LogP contribution is 2.25. The maximum atomic E-state index is 12.6. The molecule has 7 heteroatoms. The first-order valence-corrected chi connectivity index (χ1v) is 9.62. The Morgan fingerprint density at radius 1 is 1.10 bits per heavy atom. The molecule has 3 rings (SSSR count). The quantitative estimate of drug-likeness (QED) is 0.672. The molecule has 1 fully saturated rings. The van der Waals surface area contributed by atoms with Gasteiger partial charge >= 0.3 is 0 Å². The van der Waals surface area contributed by atoms with Crippen molar-refractivity contribution in [2.45, 2.75) is 12.8 Å². The van der Waals surface area contributed by atoms with Gasteiger partial charge in [0.1, 0.15) is 0 Å². The van der Waals surface area contributed by atoms with E-state index < -0.39 is 5.92 Å². The number of amides is 3. The van der Waals surface area contributed by atoms with Crippen molar-refractivity contribution in [3.63, 3.8) is 0 Å². The van der Waals surface area contributed by atoms with Gasteiger partial charge in [0.15, 0.2) is 0 Å². The fourth-order valence-corrected chi connectivity index (χ4v) is 3.21. The summed E-state index contributed by atoms with van der Waals surface area (Å²) in [4.78, 5) is 38.6. The number of methoxy groups -OCH3 is 1. The van der Waals surface area contributed by atoms with Crippen LogP contribution in [0.2, 0.25) is 0 Å². The normalized spacial score (nSPS) is 16.0. The van der Waals surface area contributed by atoms with Crippen LogP contribution in [0.5, 0.6) is 0 Å². The maximum Gasteiger partial charge on any atom is 0.251 e. The molecule has 152 valence electrons. The lowest BCUT2D eigenvalue weighted by Gasteiger charge is -2.16. The summed E-state index contributed by atoms with van der Waals surface area (Å²) in [5.74, 6) is -0.837. The molecule has 2 aromatic carbocycles. The Morgan fingerprint density at radius 3 is 2.52 bits per heavy atom. The van der Waals surface area contributed by atoms with Gasteiger partial charge in [0.05, 0.1) is 5.92 Å². The van der Waals surface area contributed by atoms with E-state index in [9.17, 15) is 14.4 Å². The van der Waals surface area contributed by atoms with E-state index in [1.54, 1.807) is 36.3 Å². The van der Waals surface area contributed by atoms with Crippen molar-refractivity contribution >= 4 is 29.1 Å². The van der Waals surface area contributed by atoms with Crippen molar-refractivity contribution in [2.75, 3.05) is 37.0 Å². The lowest BCUT2D eigenvalue weighted by atomic mass is 10.1. The summed E-state index contributed by atoms with van der Waals surface area (Å²) < 4.78 is 4.95. The van der Waals surface area contributed by atoms with E-state index >= 15 is 0 Å². The highest BCUT2D eigenvalue weighted by molar-refractivity contribution is 6.03. The van der Waals surface area contributed by atoms with Crippen LogP contribution in [0.3, 0.4) is 0 Å². The number of hydrogen-bond acceptors (Lipinski definition) is 4. The molecule has 2 aromatic rings. The largest absolute Gasteiger partial charge is 0.385 e. The standard InChI is InChI=1S/C22H25N3O4/c1-29-13-5-12-23-21(27)16-8-10-18(11-9-16)24-22(28)17-14-20(26)25(15-17)19-6-3-2-4-7-19/h2-4,6-11,17H,5,12-15H2,1H3,(H,23,27)(H,24,28). The van der Waals surface area contributed by atoms with E-state index in [-0.39, 0.29) is 24.1 Å². The van der Waals surface area contributed by atoms with E-state index in [1.807, 2.05) is 30.3 Å². The zero-order chi connectivity index (χ0) is 20.6. The zero-order valence-corrected chi connectivity index (χ0v) is 16.4. The van der Waals surface area contributed by atoms with E-state index in [1.165, 1.54) is 0 Å². The van der Waals surface area contributed by atoms with E-state index in [0.29, 0.717) is 30.9 Å². The van der Waals surface area contributed by atoms with Crippen molar-refractivity contribution in [2.24, 2.45) is 5.92 Å². The topological polar surface area (TPSA) is 87.7 Å². The first-order valence-electron chi connectivity index (χ1n) is 9.62. The first kappa shape index (κ1) is 20.5. The van der Waals surface area contributed by atoms with Crippen molar-refractivity contribution < 1.29 is 19.1 Å². The SMILES string of the molecule is COCCCNC(=O)c1ccc(NC(=O)C2CC(=O)N(c3ccccc3)C2)cc1. The van der Waals surface area contributed by atoms with Gasteiger partial charge in [0.25, 0.3) is 5.91 Å². The number of anilines is 2. The van der Waals surface area contributed by atoms with Crippen LogP contribution in [-0.2, 0) is 14.3 Å². The minimum Gasteiger partial charge on any atom is -0.385 e. The number of benzene rings is 2. The van der Waals surface area contributed by atoms with Crippen LogP contribution < -0.4 is 15.5 Å². The highest BCUT2D eigenvalue weighted by atomic mass is 16.5. The molecule has 0 saturated carbocycles. The molecule has 1 saturated heterocycles. The Labute approximate surface area is 170 Å². The molecule has 0 aliphatic carbocycles. The van der Waals surface area contributed by atoms with Gasteiger partial charge in [-0.15, -0.1) is 0 Å². The van der Waals surface area contributed by atoms with Gasteiger partial charge in [0, 0.05) is 50.2 Å². The smallest absolute Gasteiger partial charge is 0.251 e. The van der Waals surface area contributed by atoms with Gasteiger partial charge in [-0.25, -0.2) is 0 Å². The molecule has 0 bridgehead atoms. The number of ether oxygens (including phenoxy) is 1. The van der Waals surface area contributed by atoms with Gasteiger partial charge in [-0.2, -0.15) is 0 Å². The van der Waals surface area contributed by atoms with E-state index in [4.69, 9.17) is 4.74 Å². The number of nitrogens with one attached hydrogen (secondary N) is 2. The second-order valence-corrected chi connectivity index (χ2v) is 6.91. The zero-order valence-electron chi connectivity index (χ0n) is 16.4. The summed E-state index contributed by atoms with van der Waals surface area (Å²) in [6.45, 7) is 1.49. The average molecular weight is 395 g/mol. The lowest BCUT2D eigenvalue weighted by molar-refractivity contribution is -0.122. The van der Waals surface area contributed by atoms with Crippen molar-refractivity contribution in [3.05, 3.63) is 60.2 Å². The molecule has 1 atom stereocenters. The van der Waals surface area contributed by atoms with Crippen LogP contribution in [0.4, 0.5) is 11.4 Å². The lowest BCUT2D eigenvalue weighted by Crippen LogP contribution is -2.28. The van der Waals surface area contributed by atoms with Crippen LogP contribution in [0.1, 0.15) is 23.2 Å². The van der Waals surface area contributed by atoms with Crippen LogP contribution in [0, 0.1) is 5.92 Å². The van der Waals surface area contributed by atoms with Gasteiger partial charge in [-0.05, 0) is 42.8 Å². The molecule has 3 amide bonds. The minimum atomic E-state index is -0.411. The predicted octanol–water partition coefficient (Wildman–Crippen LogP) is 2.44. The number of rotatable bonds is 8. The van der Waals surface area contributed by atoms with Gasteiger partial charge in [-0.1, -0.05) is 18.2 Å². The minimum absolute atomic E-state index is 0.0585. The molecular formula is C22H25N3O4. The summed E-state index contributed by atoms with van der Waals surface area (Å²) in [6, 6.07) is 16.0. The Bertz CT molecular complexity index is 852. The molecule has 1 aliphatic heterocycles. The van der Waals surface area contributed by atoms with Crippen molar-refractivity contribution in [1.29, 1.82) is 0 Å². The fraction of sp³-hybridized carbons (Fsp3) is 0.318. The monoisotopic (exact) mass is 395 g/mol. The summed E-state index contributed by atoms with van der Waals surface area (Å²) in [5.41, 5.74) is 1.91. The van der Waals surface area contributed by atoms with Crippen LogP contribution in [0.25, 0.3) is 0 Å². The number of para-hydroxylation sites is 1. The first-order chi connectivity index (χ1) is 14.1. The number of carbonyl (C=O) groups excluding carboxylic acids is 3. The van der Waals surface area contributed by atoms with E-state index in [2.05, 4.69) is 10.6 Å². The third kappa shape index (κ3) is 5.42. The van der Waals surface area contributed by atoms with Gasteiger partial charge in [-0.3, -0.25) is 14.4 Å². The maximum absolute atomic E-state index is 12.6. The molecule has 1 aliphatic rings. The molecule has 2 N–H and O–H groups in total. The predicted molar refractivity (Wildman–Crippen MR) is 111 cm³/mol. The second-order valence-electron chi connectivity index (χ2n) is 6.91. The van der Waals surface area contributed by atoms with E-state index in [0.717, 1.165) is 12.1 Å². The molecule has 1 heterocycles. The fourth-order valence-electron chi connectivity index (χ4n) is 3.21. The molecule has 1 unspecified atom stereocenters. The molecule has 0 radical (unpaired) electrons. The van der Waals surface area contributed by atoms with Crippen LogP contribution >= 0.6 is 0 Å². The summed E-state index contributed by atoms with van der Waals surface area (Å²) in [7, 11) is 1.62. The molecular weight excluding hydrogens is 370 g/mol. The molecule has 0 spiro atoms. The Kier molecular flexibility index (Phi) is 6.97. The molecule has 29 heavy (non-hydrogen) atoms. The molecule has 0 aromatic heterocycles. The summed E-state index contributed by atoms with van der Waals surface area (Å²) in [5, 5.41) is 5.65. The Balaban J connectivity index is 1.53. The highest BCUT2D eigenvalue weighted by Gasteiger charge is 2.35. The van der Waals surface area contributed by atoms with Gasteiger partial charge in [0.2, 0.25) is 11.8 Å². The van der Waals surface area contributed by atoms with Crippen LogP contribution in [-0.4, -0.2) is 44.5 Å². The third-order valence-electron chi connectivity index (χ3n) is 4.79. The average Bonchev–Trinajstić information content (AvgIpc) is 3.14. The summed E-state index contributed by atoms with van der Waals surface area (Å²) in [6.07, 6.45) is 0.930.